The number of nitrogens with one attached hydrogen (secondary N) is 1. The third kappa shape index (κ3) is 2.75. The number of halogens is 2. The predicted molar refractivity (Wildman–Crippen MR) is 52.2 cm³/mol. The molecule has 1 rings (SSSR count). The van der Waals surface area contributed by atoms with Crippen molar-refractivity contribution in [3.8, 4) is 0 Å². The van der Waals surface area contributed by atoms with Crippen LogP contribution < -0.4 is 5.32 Å². The second kappa shape index (κ2) is 5.02. The first kappa shape index (κ1) is 12.6. The molecule has 1 heterocycles. The Morgan fingerprint density at radius 3 is 2.81 bits per heavy atom. The van der Waals surface area contributed by atoms with Crippen LogP contribution in [0.15, 0.2) is 6.20 Å². The molecule has 1 atom stereocenters. The average molecular weight is 233 g/mol. The van der Waals surface area contributed by atoms with Crippen molar-refractivity contribution in [2.24, 2.45) is 7.05 Å². The maximum Gasteiger partial charge on any atom is 0.282 e. The van der Waals surface area contributed by atoms with Crippen molar-refractivity contribution < 1.29 is 18.7 Å². The standard InChI is InChI=1S/C9H13F2N3O2/c1-5(4-15)12-9(16)6-3-14(2)13-7(6)8(10)11/h3,5,8,15H,4H2,1-2H3,(H,12,16)/t5-/m0/s1. The molecule has 0 radical (unpaired) electrons. The molecule has 1 aromatic heterocycles. The minimum atomic E-state index is -2.80. The normalized spacial score (nSPS) is 12.9. The number of rotatable bonds is 4. The first-order valence-corrected chi connectivity index (χ1v) is 4.69. The molecular weight excluding hydrogens is 220 g/mol. The third-order valence-electron chi connectivity index (χ3n) is 1.96. The van der Waals surface area contributed by atoms with E-state index in [0.29, 0.717) is 0 Å². The molecule has 90 valence electrons. The van der Waals surface area contributed by atoms with Gasteiger partial charge in [-0.25, -0.2) is 8.78 Å². The van der Waals surface area contributed by atoms with Gasteiger partial charge in [0.2, 0.25) is 0 Å². The number of hydrogen-bond acceptors (Lipinski definition) is 3. The molecule has 0 aliphatic carbocycles. The number of amides is 1. The Bertz CT molecular complexity index is 379. The summed E-state index contributed by atoms with van der Waals surface area (Å²) in [4.78, 5) is 11.5. The number of nitrogens with zero attached hydrogens (tertiary/aromatic N) is 2. The van der Waals surface area contributed by atoms with Crippen molar-refractivity contribution >= 4 is 5.91 Å². The van der Waals surface area contributed by atoms with Gasteiger partial charge in [-0.3, -0.25) is 9.48 Å². The summed E-state index contributed by atoms with van der Waals surface area (Å²) in [5, 5.41) is 14.6. The molecule has 0 aliphatic heterocycles. The molecule has 0 saturated carbocycles. The van der Waals surface area contributed by atoms with E-state index < -0.39 is 24.1 Å². The van der Waals surface area contributed by atoms with E-state index >= 15 is 0 Å². The zero-order chi connectivity index (χ0) is 12.3. The number of alkyl halides is 2. The largest absolute Gasteiger partial charge is 0.394 e. The minimum absolute atomic E-state index is 0.169. The zero-order valence-electron chi connectivity index (χ0n) is 8.94. The van der Waals surface area contributed by atoms with Crippen LogP contribution >= 0.6 is 0 Å². The molecule has 0 spiro atoms. The highest BCUT2D eigenvalue weighted by molar-refractivity contribution is 5.95. The molecule has 0 unspecified atom stereocenters. The molecule has 0 aliphatic rings. The Balaban J connectivity index is 2.90. The summed E-state index contributed by atoms with van der Waals surface area (Å²) in [6, 6.07) is -0.488. The maximum absolute atomic E-state index is 12.5. The molecule has 0 saturated heterocycles. The highest BCUT2D eigenvalue weighted by atomic mass is 19.3. The summed E-state index contributed by atoms with van der Waals surface area (Å²) >= 11 is 0. The second-order valence-electron chi connectivity index (χ2n) is 3.46. The number of aromatic nitrogens is 2. The fourth-order valence-corrected chi connectivity index (χ4v) is 1.19. The highest BCUT2D eigenvalue weighted by Crippen LogP contribution is 2.20. The van der Waals surface area contributed by atoms with Crippen LogP contribution in [0.1, 0.15) is 29.4 Å². The minimum Gasteiger partial charge on any atom is -0.394 e. The van der Waals surface area contributed by atoms with E-state index in [-0.39, 0.29) is 12.2 Å². The van der Waals surface area contributed by atoms with Gasteiger partial charge in [0, 0.05) is 19.3 Å². The van der Waals surface area contributed by atoms with E-state index in [9.17, 15) is 13.6 Å². The van der Waals surface area contributed by atoms with E-state index in [1.165, 1.54) is 13.2 Å². The van der Waals surface area contributed by atoms with Crippen molar-refractivity contribution in [2.75, 3.05) is 6.61 Å². The van der Waals surface area contributed by atoms with Crippen molar-refractivity contribution in [1.29, 1.82) is 0 Å². The Morgan fingerprint density at radius 2 is 2.31 bits per heavy atom. The molecule has 0 bridgehead atoms. The molecule has 5 nitrogen and oxygen atoms in total. The van der Waals surface area contributed by atoms with Crippen LogP contribution in [0.25, 0.3) is 0 Å². The fourth-order valence-electron chi connectivity index (χ4n) is 1.19. The van der Waals surface area contributed by atoms with Gasteiger partial charge in [0.15, 0.2) is 0 Å². The van der Waals surface area contributed by atoms with Crippen molar-refractivity contribution in [3.63, 3.8) is 0 Å². The molecular formula is C9H13F2N3O2. The van der Waals surface area contributed by atoms with Crippen LogP contribution in [-0.4, -0.2) is 33.4 Å². The predicted octanol–water partition coefficient (Wildman–Crippen LogP) is 0.468. The molecule has 7 heteroatoms. The van der Waals surface area contributed by atoms with Gasteiger partial charge in [0.1, 0.15) is 5.69 Å². The molecule has 1 amide bonds. The third-order valence-corrected chi connectivity index (χ3v) is 1.96. The van der Waals surface area contributed by atoms with Gasteiger partial charge in [-0.1, -0.05) is 0 Å². The second-order valence-corrected chi connectivity index (χ2v) is 3.46. The summed E-state index contributed by atoms with van der Waals surface area (Å²) < 4.78 is 26.2. The van der Waals surface area contributed by atoms with Gasteiger partial charge < -0.3 is 10.4 Å². The van der Waals surface area contributed by atoms with Crippen LogP contribution in [0.2, 0.25) is 0 Å². The van der Waals surface area contributed by atoms with Crippen LogP contribution in [0.3, 0.4) is 0 Å². The fraction of sp³-hybridized carbons (Fsp3) is 0.556. The average Bonchev–Trinajstić information content (AvgIpc) is 2.60. The Hall–Kier alpha value is -1.50. The van der Waals surface area contributed by atoms with Gasteiger partial charge in [0.25, 0.3) is 12.3 Å². The monoisotopic (exact) mass is 233 g/mol. The number of aliphatic hydroxyl groups excluding tert-OH is 1. The summed E-state index contributed by atoms with van der Waals surface area (Å²) in [6.45, 7) is 1.31. The van der Waals surface area contributed by atoms with E-state index in [0.717, 1.165) is 4.68 Å². The number of aryl methyl sites for hydroxylation is 1. The van der Waals surface area contributed by atoms with E-state index in [1.54, 1.807) is 6.92 Å². The first-order valence-electron chi connectivity index (χ1n) is 4.69. The van der Waals surface area contributed by atoms with Crippen molar-refractivity contribution in [3.05, 3.63) is 17.5 Å². The lowest BCUT2D eigenvalue weighted by molar-refractivity contribution is 0.0908. The van der Waals surface area contributed by atoms with Gasteiger partial charge >= 0.3 is 0 Å². The lowest BCUT2D eigenvalue weighted by Gasteiger charge is -2.10. The Morgan fingerprint density at radius 1 is 1.69 bits per heavy atom. The van der Waals surface area contributed by atoms with Crippen LogP contribution in [0.5, 0.6) is 0 Å². The number of aliphatic hydroxyl groups is 1. The van der Waals surface area contributed by atoms with Crippen LogP contribution in [0, 0.1) is 0 Å². The lowest BCUT2D eigenvalue weighted by atomic mass is 10.2. The summed E-state index contributed by atoms with van der Waals surface area (Å²) in [5.74, 6) is -0.662. The van der Waals surface area contributed by atoms with Gasteiger partial charge in [-0.2, -0.15) is 5.10 Å². The summed E-state index contributed by atoms with van der Waals surface area (Å²) in [7, 11) is 1.46. The SMILES string of the molecule is C[C@@H](CO)NC(=O)c1cn(C)nc1C(F)F. The summed E-state index contributed by atoms with van der Waals surface area (Å²) in [6.07, 6.45) is -1.58. The Kier molecular flexibility index (Phi) is 3.94. The Labute approximate surface area is 91.1 Å². The first-order chi connectivity index (χ1) is 7.45. The number of carbonyl (C=O) groups is 1. The lowest BCUT2D eigenvalue weighted by Crippen LogP contribution is -2.35. The topological polar surface area (TPSA) is 67.2 Å². The number of hydrogen-bond donors (Lipinski definition) is 2. The molecule has 0 fully saturated rings. The zero-order valence-corrected chi connectivity index (χ0v) is 8.94. The smallest absolute Gasteiger partial charge is 0.282 e. The van der Waals surface area contributed by atoms with Crippen molar-refractivity contribution in [1.82, 2.24) is 15.1 Å². The number of carbonyl (C=O) groups excluding carboxylic acids is 1. The molecule has 2 N–H and O–H groups in total. The quantitative estimate of drug-likeness (QED) is 0.794. The molecule has 16 heavy (non-hydrogen) atoms. The maximum atomic E-state index is 12.5. The van der Waals surface area contributed by atoms with E-state index in [4.69, 9.17) is 5.11 Å². The van der Waals surface area contributed by atoms with E-state index in [2.05, 4.69) is 10.4 Å². The van der Waals surface area contributed by atoms with Gasteiger partial charge in [0.05, 0.1) is 12.2 Å². The highest BCUT2D eigenvalue weighted by Gasteiger charge is 2.23. The van der Waals surface area contributed by atoms with Crippen molar-refractivity contribution in [2.45, 2.75) is 19.4 Å². The molecule has 0 aromatic carbocycles. The van der Waals surface area contributed by atoms with Gasteiger partial charge in [-0.05, 0) is 6.92 Å². The van der Waals surface area contributed by atoms with Crippen LogP contribution in [-0.2, 0) is 7.05 Å². The molecule has 1 aromatic rings. The van der Waals surface area contributed by atoms with Gasteiger partial charge in [-0.15, -0.1) is 0 Å². The summed E-state index contributed by atoms with van der Waals surface area (Å²) in [5.41, 5.74) is -0.720. The van der Waals surface area contributed by atoms with E-state index in [1.807, 2.05) is 0 Å². The van der Waals surface area contributed by atoms with Crippen LogP contribution in [0.4, 0.5) is 8.78 Å².